The van der Waals surface area contributed by atoms with Gasteiger partial charge in [0.25, 0.3) is 5.78 Å². The quantitative estimate of drug-likeness (QED) is 0.563. The molecule has 8 heteroatoms. The normalized spacial score (nSPS) is 12.4. The molecule has 23 heavy (non-hydrogen) atoms. The number of nitrogens with zero attached hydrogens (tertiary/aromatic N) is 5. The van der Waals surface area contributed by atoms with Crippen molar-refractivity contribution >= 4 is 11.6 Å². The molecule has 0 fully saturated rings. The zero-order valence-electron chi connectivity index (χ0n) is 12.8. The molecule has 0 radical (unpaired) electrons. The highest BCUT2D eigenvalue weighted by Gasteiger charge is 2.36. The van der Waals surface area contributed by atoms with Gasteiger partial charge in [0.15, 0.2) is 11.5 Å². The molecule has 3 aromatic rings. The first-order valence-corrected chi connectivity index (χ1v) is 7.12. The number of ether oxygens (including phenoxy) is 2. The summed E-state index contributed by atoms with van der Waals surface area (Å²) in [4.78, 5) is 17.3. The van der Waals surface area contributed by atoms with Crippen LogP contribution >= 0.6 is 0 Å². The monoisotopic (exact) mass is 311 g/mol. The largest absolute Gasteiger partial charge is 0.496 e. The van der Waals surface area contributed by atoms with Crippen LogP contribution in [-0.4, -0.2) is 44.8 Å². The number of carbonyl (C=O) groups excluding carboxylic acids is 1. The Bertz CT molecular complexity index is 963. The number of ketones is 1. The first kappa shape index (κ1) is 13.6. The van der Waals surface area contributed by atoms with Crippen molar-refractivity contribution in [3.63, 3.8) is 0 Å². The van der Waals surface area contributed by atoms with Crippen molar-refractivity contribution in [3.8, 4) is 22.8 Å². The number of fused-ring (bicyclic) bond motifs is 4. The minimum Gasteiger partial charge on any atom is -0.496 e. The van der Waals surface area contributed by atoms with E-state index in [1.165, 1.54) is 11.6 Å². The van der Waals surface area contributed by atoms with E-state index in [1.807, 2.05) is 6.92 Å². The minimum absolute atomic E-state index is 0.240. The van der Waals surface area contributed by atoms with E-state index >= 15 is 0 Å². The summed E-state index contributed by atoms with van der Waals surface area (Å²) in [7, 11) is 3.06. The van der Waals surface area contributed by atoms with E-state index in [1.54, 1.807) is 19.2 Å². The van der Waals surface area contributed by atoms with Gasteiger partial charge in [0.2, 0.25) is 5.78 Å². The molecule has 0 spiro atoms. The van der Waals surface area contributed by atoms with Crippen molar-refractivity contribution in [1.29, 1.82) is 0 Å². The molecule has 4 rings (SSSR count). The summed E-state index contributed by atoms with van der Waals surface area (Å²) in [5, 5.41) is 12.5. The highest BCUT2D eigenvalue weighted by atomic mass is 16.5. The average molecular weight is 311 g/mol. The zero-order chi connectivity index (χ0) is 16.1. The van der Waals surface area contributed by atoms with Gasteiger partial charge in [-0.05, 0) is 12.1 Å². The minimum atomic E-state index is -0.240. The second-order valence-electron chi connectivity index (χ2n) is 5.04. The van der Waals surface area contributed by atoms with Crippen molar-refractivity contribution in [3.05, 3.63) is 29.2 Å². The SMILES string of the molecule is CCc1nnc2nc3c(nn12)C(=O)c1c(OC)ccc(OC)c1-3. The van der Waals surface area contributed by atoms with Gasteiger partial charge in [-0.2, -0.15) is 9.61 Å². The molecule has 0 saturated carbocycles. The Morgan fingerprint density at radius 2 is 1.74 bits per heavy atom. The zero-order valence-corrected chi connectivity index (χ0v) is 12.8. The van der Waals surface area contributed by atoms with Gasteiger partial charge < -0.3 is 9.47 Å². The molecular weight excluding hydrogens is 298 g/mol. The Kier molecular flexibility index (Phi) is 2.80. The molecule has 0 unspecified atom stereocenters. The van der Waals surface area contributed by atoms with Gasteiger partial charge in [0, 0.05) is 6.42 Å². The summed E-state index contributed by atoms with van der Waals surface area (Å²) in [6.07, 6.45) is 0.641. The first-order chi connectivity index (χ1) is 11.2. The van der Waals surface area contributed by atoms with Gasteiger partial charge in [0.1, 0.15) is 17.2 Å². The van der Waals surface area contributed by atoms with E-state index < -0.39 is 0 Å². The highest BCUT2D eigenvalue weighted by molar-refractivity contribution is 6.22. The molecule has 1 aromatic carbocycles. The number of methoxy groups -OCH3 is 2. The second kappa shape index (κ2) is 4.73. The summed E-state index contributed by atoms with van der Waals surface area (Å²) in [5.41, 5.74) is 1.71. The number of aryl methyl sites for hydroxylation is 1. The smallest absolute Gasteiger partial charge is 0.272 e. The molecule has 116 valence electrons. The number of benzene rings is 1. The molecule has 2 heterocycles. The van der Waals surface area contributed by atoms with Crippen LogP contribution in [0.2, 0.25) is 0 Å². The van der Waals surface area contributed by atoms with Gasteiger partial charge in [-0.3, -0.25) is 4.79 Å². The Morgan fingerprint density at radius 3 is 2.39 bits per heavy atom. The number of carbonyl (C=O) groups is 1. The van der Waals surface area contributed by atoms with E-state index in [4.69, 9.17) is 9.47 Å². The van der Waals surface area contributed by atoms with Gasteiger partial charge in [-0.1, -0.05) is 6.92 Å². The number of hydrogen-bond acceptors (Lipinski definition) is 7. The maximum Gasteiger partial charge on any atom is 0.272 e. The van der Waals surface area contributed by atoms with Crippen LogP contribution in [0.15, 0.2) is 12.1 Å². The van der Waals surface area contributed by atoms with Crippen LogP contribution in [0, 0.1) is 0 Å². The van der Waals surface area contributed by atoms with Crippen LogP contribution in [0.5, 0.6) is 11.5 Å². The molecule has 0 amide bonds. The highest BCUT2D eigenvalue weighted by Crippen LogP contribution is 2.44. The van der Waals surface area contributed by atoms with Crippen molar-refractivity contribution in [2.75, 3.05) is 14.2 Å². The summed E-state index contributed by atoms with van der Waals surface area (Å²) in [6, 6.07) is 3.44. The van der Waals surface area contributed by atoms with Crippen molar-refractivity contribution in [2.24, 2.45) is 0 Å². The Balaban J connectivity index is 2.08. The predicted molar refractivity (Wildman–Crippen MR) is 79.9 cm³/mol. The fourth-order valence-electron chi connectivity index (χ4n) is 2.81. The molecule has 0 atom stereocenters. The van der Waals surface area contributed by atoms with Crippen molar-refractivity contribution < 1.29 is 14.3 Å². The number of rotatable bonds is 3. The van der Waals surface area contributed by atoms with E-state index in [2.05, 4.69) is 20.3 Å². The van der Waals surface area contributed by atoms with Crippen LogP contribution in [0.3, 0.4) is 0 Å². The van der Waals surface area contributed by atoms with E-state index in [0.29, 0.717) is 46.3 Å². The van der Waals surface area contributed by atoms with Crippen LogP contribution in [0.4, 0.5) is 0 Å². The fraction of sp³-hybridized carbons (Fsp3) is 0.267. The summed E-state index contributed by atoms with van der Waals surface area (Å²) >= 11 is 0. The lowest BCUT2D eigenvalue weighted by molar-refractivity contribution is 0.103. The Morgan fingerprint density at radius 1 is 1.04 bits per heavy atom. The summed E-state index contributed by atoms with van der Waals surface area (Å²) in [6.45, 7) is 1.94. The summed E-state index contributed by atoms with van der Waals surface area (Å²) in [5.74, 6) is 1.78. The topological polar surface area (TPSA) is 91.5 Å². The molecule has 0 N–H and O–H groups in total. The fourth-order valence-corrected chi connectivity index (χ4v) is 2.81. The Hall–Kier alpha value is -3.03. The third-order valence-electron chi connectivity index (χ3n) is 3.89. The van der Waals surface area contributed by atoms with Gasteiger partial charge in [0.05, 0.1) is 25.3 Å². The number of hydrogen-bond donors (Lipinski definition) is 0. The van der Waals surface area contributed by atoms with Gasteiger partial charge >= 0.3 is 0 Å². The lowest BCUT2D eigenvalue weighted by Gasteiger charge is -2.09. The van der Waals surface area contributed by atoms with E-state index in [0.717, 1.165) is 0 Å². The van der Waals surface area contributed by atoms with Crippen LogP contribution in [0.1, 0.15) is 28.8 Å². The third-order valence-corrected chi connectivity index (χ3v) is 3.89. The molecule has 0 bridgehead atoms. The molecule has 8 nitrogen and oxygen atoms in total. The van der Waals surface area contributed by atoms with Crippen molar-refractivity contribution in [1.82, 2.24) is 24.8 Å². The molecule has 1 aliphatic carbocycles. The second-order valence-corrected chi connectivity index (χ2v) is 5.04. The lowest BCUT2D eigenvalue weighted by atomic mass is 10.1. The molecule has 1 aliphatic rings. The first-order valence-electron chi connectivity index (χ1n) is 7.12. The van der Waals surface area contributed by atoms with Gasteiger partial charge in [-0.15, -0.1) is 10.2 Å². The third kappa shape index (κ3) is 1.68. The van der Waals surface area contributed by atoms with E-state index in [-0.39, 0.29) is 11.5 Å². The molecule has 0 aliphatic heterocycles. The molecule has 0 saturated heterocycles. The van der Waals surface area contributed by atoms with Crippen LogP contribution < -0.4 is 9.47 Å². The maximum atomic E-state index is 12.8. The molecule has 2 aromatic heterocycles. The average Bonchev–Trinajstić information content (AvgIpc) is 3.12. The lowest BCUT2D eigenvalue weighted by Crippen LogP contribution is -2.07. The van der Waals surface area contributed by atoms with E-state index in [9.17, 15) is 4.79 Å². The standard InChI is InChI=1S/C15H13N5O3/c1-4-9-17-18-15-16-12-10-7(22-2)5-6-8(23-3)11(10)14(21)13(12)19-20(9)15/h5-6H,4H2,1-3H3. The van der Waals surface area contributed by atoms with Gasteiger partial charge in [-0.25, -0.2) is 4.98 Å². The van der Waals surface area contributed by atoms with Crippen molar-refractivity contribution in [2.45, 2.75) is 13.3 Å². The molecular formula is C15H13N5O3. The summed E-state index contributed by atoms with van der Waals surface area (Å²) < 4.78 is 12.2. The Labute approximate surface area is 131 Å². The van der Waals surface area contributed by atoms with Crippen LogP contribution in [0.25, 0.3) is 17.0 Å². The van der Waals surface area contributed by atoms with Crippen LogP contribution in [-0.2, 0) is 6.42 Å². The maximum absolute atomic E-state index is 12.8. The number of aromatic nitrogens is 5. The predicted octanol–water partition coefficient (Wildman–Crippen LogP) is 1.31.